The van der Waals surface area contributed by atoms with E-state index >= 15 is 0 Å². The van der Waals surface area contributed by atoms with E-state index in [2.05, 4.69) is 39.5 Å². The molecule has 1 fully saturated rings. The molecule has 12 heavy (non-hydrogen) atoms. The summed E-state index contributed by atoms with van der Waals surface area (Å²) in [6.07, 6.45) is 1.32. The summed E-state index contributed by atoms with van der Waals surface area (Å²) in [6, 6.07) is 0.723. The first-order valence-corrected chi connectivity index (χ1v) is 5.23. The van der Waals surface area contributed by atoms with Crippen molar-refractivity contribution in [2.45, 2.75) is 47.1 Å². The van der Waals surface area contributed by atoms with Gasteiger partial charge in [0, 0.05) is 19.1 Å². The van der Waals surface area contributed by atoms with Gasteiger partial charge in [0.15, 0.2) is 0 Å². The summed E-state index contributed by atoms with van der Waals surface area (Å²) in [5.74, 6) is 0.866. The molecule has 0 aromatic carbocycles. The zero-order chi connectivity index (χ0) is 9.35. The van der Waals surface area contributed by atoms with Crippen LogP contribution in [0.15, 0.2) is 0 Å². The van der Waals surface area contributed by atoms with E-state index in [4.69, 9.17) is 0 Å². The van der Waals surface area contributed by atoms with Gasteiger partial charge in [-0.05, 0) is 31.6 Å². The second kappa shape index (κ2) is 3.37. The minimum Gasteiger partial charge on any atom is -0.300 e. The van der Waals surface area contributed by atoms with Gasteiger partial charge in [0.25, 0.3) is 0 Å². The molecule has 0 aromatic rings. The fourth-order valence-electron chi connectivity index (χ4n) is 2.11. The quantitative estimate of drug-likeness (QED) is 0.614. The molecule has 1 aliphatic rings. The Morgan fingerprint density at radius 2 is 2.08 bits per heavy atom. The molecule has 72 valence electrons. The van der Waals surface area contributed by atoms with Crippen molar-refractivity contribution >= 4 is 0 Å². The van der Waals surface area contributed by atoms with Crippen molar-refractivity contribution in [1.29, 1.82) is 0 Å². The maximum Gasteiger partial charge on any atom is 0.00411 e. The van der Waals surface area contributed by atoms with Crippen LogP contribution >= 0.6 is 0 Å². The molecule has 1 heterocycles. The average molecular weight is 169 g/mol. The SMILES string of the molecule is CCC1(C)CN(C(C)C)CC1C. The topological polar surface area (TPSA) is 3.24 Å². The van der Waals surface area contributed by atoms with Crippen molar-refractivity contribution in [3.63, 3.8) is 0 Å². The van der Waals surface area contributed by atoms with E-state index in [-0.39, 0.29) is 0 Å². The summed E-state index contributed by atoms with van der Waals surface area (Å²) < 4.78 is 0. The Hall–Kier alpha value is -0.0400. The highest BCUT2D eigenvalue weighted by atomic mass is 15.2. The molecule has 0 amide bonds. The highest BCUT2D eigenvalue weighted by Crippen LogP contribution is 2.38. The van der Waals surface area contributed by atoms with E-state index in [1.165, 1.54) is 19.5 Å². The molecule has 1 nitrogen and oxygen atoms in total. The summed E-state index contributed by atoms with van der Waals surface area (Å²) in [7, 11) is 0. The molecule has 1 aliphatic heterocycles. The summed E-state index contributed by atoms with van der Waals surface area (Å²) in [5, 5.41) is 0. The average Bonchev–Trinajstić information content (AvgIpc) is 2.30. The second-order valence-electron chi connectivity index (χ2n) is 4.93. The fourth-order valence-corrected chi connectivity index (χ4v) is 2.11. The number of hydrogen-bond donors (Lipinski definition) is 0. The van der Waals surface area contributed by atoms with Crippen LogP contribution in [0.5, 0.6) is 0 Å². The molecule has 0 bridgehead atoms. The van der Waals surface area contributed by atoms with Gasteiger partial charge in [-0.15, -0.1) is 0 Å². The molecule has 0 aliphatic carbocycles. The molecule has 2 atom stereocenters. The van der Waals surface area contributed by atoms with Crippen molar-refractivity contribution in [3.05, 3.63) is 0 Å². The van der Waals surface area contributed by atoms with E-state index in [1.807, 2.05) is 0 Å². The van der Waals surface area contributed by atoms with E-state index in [1.54, 1.807) is 0 Å². The lowest BCUT2D eigenvalue weighted by Gasteiger charge is -2.27. The molecule has 0 saturated carbocycles. The monoisotopic (exact) mass is 169 g/mol. The molecule has 1 rings (SSSR count). The van der Waals surface area contributed by atoms with Gasteiger partial charge in [-0.25, -0.2) is 0 Å². The third-order valence-electron chi connectivity index (χ3n) is 3.80. The van der Waals surface area contributed by atoms with Crippen molar-refractivity contribution in [3.8, 4) is 0 Å². The van der Waals surface area contributed by atoms with Crippen molar-refractivity contribution in [1.82, 2.24) is 4.90 Å². The van der Waals surface area contributed by atoms with Crippen LogP contribution in [0.25, 0.3) is 0 Å². The van der Waals surface area contributed by atoms with Crippen LogP contribution in [0, 0.1) is 11.3 Å². The standard InChI is InChI=1S/C11H23N/c1-6-11(5)8-12(9(2)3)7-10(11)4/h9-10H,6-8H2,1-5H3. The summed E-state index contributed by atoms with van der Waals surface area (Å²) >= 11 is 0. The Morgan fingerprint density at radius 1 is 1.50 bits per heavy atom. The zero-order valence-electron chi connectivity index (χ0n) is 9.22. The maximum atomic E-state index is 2.61. The summed E-state index contributed by atoms with van der Waals surface area (Å²) in [4.78, 5) is 2.61. The molecule has 2 unspecified atom stereocenters. The van der Waals surface area contributed by atoms with Crippen LogP contribution in [0.2, 0.25) is 0 Å². The lowest BCUT2D eigenvalue weighted by Crippen LogP contribution is -2.30. The van der Waals surface area contributed by atoms with Gasteiger partial charge in [0.2, 0.25) is 0 Å². The third-order valence-corrected chi connectivity index (χ3v) is 3.80. The minimum absolute atomic E-state index is 0.574. The number of nitrogens with zero attached hydrogens (tertiary/aromatic N) is 1. The third kappa shape index (κ3) is 1.66. The Kier molecular flexibility index (Phi) is 2.82. The smallest absolute Gasteiger partial charge is 0.00411 e. The van der Waals surface area contributed by atoms with Gasteiger partial charge in [0.1, 0.15) is 0 Å². The molecular weight excluding hydrogens is 146 g/mol. The normalized spacial score (nSPS) is 38.0. The molecule has 0 spiro atoms. The molecule has 0 aromatic heterocycles. The van der Waals surface area contributed by atoms with Crippen LogP contribution < -0.4 is 0 Å². The Balaban J connectivity index is 2.61. The van der Waals surface area contributed by atoms with E-state index in [9.17, 15) is 0 Å². The first-order chi connectivity index (χ1) is 5.49. The highest BCUT2D eigenvalue weighted by Gasteiger charge is 2.39. The van der Waals surface area contributed by atoms with Gasteiger partial charge in [-0.3, -0.25) is 0 Å². The van der Waals surface area contributed by atoms with Gasteiger partial charge in [-0.1, -0.05) is 20.8 Å². The van der Waals surface area contributed by atoms with Gasteiger partial charge < -0.3 is 4.90 Å². The number of hydrogen-bond acceptors (Lipinski definition) is 1. The summed E-state index contributed by atoms with van der Waals surface area (Å²) in [5.41, 5.74) is 0.574. The van der Waals surface area contributed by atoms with Crippen molar-refractivity contribution in [2.24, 2.45) is 11.3 Å². The maximum absolute atomic E-state index is 2.61. The van der Waals surface area contributed by atoms with E-state index in [0.717, 1.165) is 12.0 Å². The van der Waals surface area contributed by atoms with E-state index < -0.39 is 0 Å². The lowest BCUT2D eigenvalue weighted by molar-refractivity contribution is 0.221. The Bertz CT molecular complexity index is 153. The van der Waals surface area contributed by atoms with E-state index in [0.29, 0.717) is 5.41 Å². The van der Waals surface area contributed by atoms with Gasteiger partial charge in [0.05, 0.1) is 0 Å². The van der Waals surface area contributed by atoms with Crippen LogP contribution in [-0.4, -0.2) is 24.0 Å². The minimum atomic E-state index is 0.574. The first kappa shape index (κ1) is 10.0. The summed E-state index contributed by atoms with van der Waals surface area (Å²) in [6.45, 7) is 14.3. The largest absolute Gasteiger partial charge is 0.300 e. The first-order valence-electron chi connectivity index (χ1n) is 5.23. The Labute approximate surface area is 77.1 Å². The molecule has 0 N–H and O–H groups in total. The highest BCUT2D eigenvalue weighted by molar-refractivity contribution is 4.91. The van der Waals surface area contributed by atoms with Crippen LogP contribution in [0.4, 0.5) is 0 Å². The van der Waals surface area contributed by atoms with Crippen molar-refractivity contribution in [2.75, 3.05) is 13.1 Å². The van der Waals surface area contributed by atoms with Crippen molar-refractivity contribution < 1.29 is 0 Å². The lowest BCUT2D eigenvalue weighted by atomic mass is 9.79. The molecule has 1 heteroatoms. The molecular formula is C11H23N. The number of likely N-dealkylation sites (tertiary alicyclic amines) is 1. The molecule has 0 radical (unpaired) electrons. The number of rotatable bonds is 2. The van der Waals surface area contributed by atoms with Crippen LogP contribution in [-0.2, 0) is 0 Å². The predicted molar refractivity (Wildman–Crippen MR) is 54.3 cm³/mol. The zero-order valence-corrected chi connectivity index (χ0v) is 9.22. The predicted octanol–water partition coefficient (Wildman–Crippen LogP) is 2.76. The van der Waals surface area contributed by atoms with Crippen LogP contribution in [0.1, 0.15) is 41.0 Å². The van der Waals surface area contributed by atoms with Gasteiger partial charge >= 0.3 is 0 Å². The van der Waals surface area contributed by atoms with Crippen LogP contribution in [0.3, 0.4) is 0 Å². The Morgan fingerprint density at radius 3 is 2.33 bits per heavy atom. The second-order valence-corrected chi connectivity index (χ2v) is 4.93. The molecule has 1 saturated heterocycles. The fraction of sp³-hybridized carbons (Fsp3) is 1.00. The van der Waals surface area contributed by atoms with Gasteiger partial charge in [-0.2, -0.15) is 0 Å².